The summed E-state index contributed by atoms with van der Waals surface area (Å²) in [6.07, 6.45) is 0.703. The van der Waals surface area contributed by atoms with Crippen LogP contribution in [0.15, 0.2) is 48.5 Å². The second kappa shape index (κ2) is 9.61. The summed E-state index contributed by atoms with van der Waals surface area (Å²) in [6.45, 7) is 7.88. The fourth-order valence-corrected chi connectivity index (χ4v) is 4.35. The summed E-state index contributed by atoms with van der Waals surface area (Å²) in [5.74, 6) is -0.672. The molecule has 1 aliphatic heterocycles. The molecule has 7 heteroatoms. The Morgan fingerprint density at radius 3 is 2.18 bits per heavy atom. The maximum Gasteiger partial charge on any atom is 0.410 e. The van der Waals surface area contributed by atoms with Crippen molar-refractivity contribution in [2.45, 2.75) is 51.7 Å². The second-order valence-electron chi connectivity index (χ2n) is 9.78. The van der Waals surface area contributed by atoms with Crippen LogP contribution in [-0.2, 0) is 15.1 Å². The Hall–Kier alpha value is -2.77. The van der Waals surface area contributed by atoms with E-state index in [9.17, 15) is 19.1 Å². The van der Waals surface area contributed by atoms with E-state index in [2.05, 4.69) is 0 Å². The first-order chi connectivity index (χ1) is 15.4. The van der Waals surface area contributed by atoms with Gasteiger partial charge < -0.3 is 14.7 Å². The van der Waals surface area contributed by atoms with Gasteiger partial charge in [-0.2, -0.15) is 0 Å². The average molecular weight is 458 g/mol. The third kappa shape index (κ3) is 5.60. The molecule has 0 radical (unpaired) electrons. The summed E-state index contributed by atoms with van der Waals surface area (Å²) in [5.41, 5.74) is -0.132. The van der Waals surface area contributed by atoms with Crippen LogP contribution in [0.2, 0.25) is 0 Å². The van der Waals surface area contributed by atoms with Gasteiger partial charge in [0.25, 0.3) is 0 Å². The summed E-state index contributed by atoms with van der Waals surface area (Å²) in [4.78, 5) is 26.5. The number of likely N-dealkylation sites (tertiary alicyclic amines) is 1. The molecule has 1 aliphatic rings. The van der Waals surface area contributed by atoms with E-state index in [0.717, 1.165) is 5.69 Å². The monoisotopic (exact) mass is 457 g/mol. The first-order valence-corrected chi connectivity index (χ1v) is 11.3. The number of carbonyl (C=O) groups excluding carboxylic acids is 2. The van der Waals surface area contributed by atoms with E-state index in [4.69, 9.17) is 4.74 Å². The number of ether oxygens (including phenoxy) is 1. The van der Waals surface area contributed by atoms with Gasteiger partial charge in [0.1, 0.15) is 22.7 Å². The number of piperidine rings is 1. The molecule has 178 valence electrons. The third-order valence-electron chi connectivity index (χ3n) is 6.29. The molecule has 1 fully saturated rings. The van der Waals surface area contributed by atoms with Crippen LogP contribution in [0.25, 0.3) is 0 Å². The number of quaternary nitrogens is 1. The van der Waals surface area contributed by atoms with E-state index in [-0.39, 0.29) is 17.9 Å². The van der Waals surface area contributed by atoms with Crippen molar-refractivity contribution < 1.29 is 28.7 Å². The van der Waals surface area contributed by atoms with E-state index in [0.29, 0.717) is 42.0 Å². The molecule has 0 aromatic heterocycles. The number of aliphatic hydroxyl groups is 1. The zero-order chi connectivity index (χ0) is 24.4. The van der Waals surface area contributed by atoms with E-state index in [1.165, 1.54) is 19.1 Å². The molecule has 6 nitrogen and oxygen atoms in total. The third-order valence-corrected chi connectivity index (χ3v) is 6.29. The summed E-state index contributed by atoms with van der Waals surface area (Å²) in [7, 11) is 1.77. The Balaban J connectivity index is 1.90. The van der Waals surface area contributed by atoms with Gasteiger partial charge in [0.05, 0.1) is 14.0 Å². The zero-order valence-corrected chi connectivity index (χ0v) is 20.0. The fourth-order valence-electron chi connectivity index (χ4n) is 4.35. The number of nitrogens with one attached hydrogen (secondary N) is 1. The number of amides is 2. The normalized spacial score (nSPS) is 17.8. The lowest BCUT2D eigenvalue weighted by molar-refractivity contribution is -0.723. The zero-order valence-electron chi connectivity index (χ0n) is 20.0. The first kappa shape index (κ1) is 24.9. The average Bonchev–Trinajstić information content (AvgIpc) is 2.77. The maximum atomic E-state index is 14.1. The van der Waals surface area contributed by atoms with E-state index >= 15 is 0 Å². The topological polar surface area (TPSA) is 71.3 Å². The molecule has 0 spiro atoms. The van der Waals surface area contributed by atoms with E-state index in [1.807, 2.05) is 32.9 Å². The Labute approximate surface area is 195 Å². The predicted octanol–water partition coefficient (Wildman–Crippen LogP) is 3.40. The summed E-state index contributed by atoms with van der Waals surface area (Å²) in [6, 6.07) is 13.3. The van der Waals surface area contributed by atoms with Crippen LogP contribution in [0.1, 0.15) is 51.7 Å². The highest BCUT2D eigenvalue weighted by Crippen LogP contribution is 2.42. The molecular formula is C26H34FN2O4+. The number of carbonyl (C=O) groups is 2. The molecule has 1 saturated heterocycles. The number of nitrogens with zero attached hydrogens (tertiary/aromatic N) is 1. The largest absolute Gasteiger partial charge is 0.444 e. The van der Waals surface area contributed by atoms with Crippen LogP contribution in [0.3, 0.4) is 0 Å². The van der Waals surface area contributed by atoms with Crippen LogP contribution in [0, 0.1) is 11.7 Å². The lowest BCUT2D eigenvalue weighted by Gasteiger charge is -2.42. The highest BCUT2D eigenvalue weighted by Gasteiger charge is 2.43. The van der Waals surface area contributed by atoms with Crippen molar-refractivity contribution in [3.8, 4) is 0 Å². The molecule has 2 unspecified atom stereocenters. The molecule has 2 aromatic carbocycles. The number of benzene rings is 2. The Bertz CT molecular complexity index is 994. The van der Waals surface area contributed by atoms with Gasteiger partial charge in [-0.3, -0.25) is 0 Å². The molecule has 0 saturated carbocycles. The van der Waals surface area contributed by atoms with E-state index in [1.54, 1.807) is 36.2 Å². The Morgan fingerprint density at radius 1 is 1.06 bits per heavy atom. The first-order valence-electron chi connectivity index (χ1n) is 11.3. The van der Waals surface area contributed by atoms with Gasteiger partial charge in [-0.05, 0) is 87.1 Å². The van der Waals surface area contributed by atoms with Crippen molar-refractivity contribution >= 4 is 17.7 Å². The van der Waals surface area contributed by atoms with Gasteiger partial charge in [-0.25, -0.2) is 18.9 Å². The summed E-state index contributed by atoms with van der Waals surface area (Å²) >= 11 is 0. The van der Waals surface area contributed by atoms with Crippen molar-refractivity contribution in [1.82, 2.24) is 4.90 Å². The highest BCUT2D eigenvalue weighted by atomic mass is 19.1. The van der Waals surface area contributed by atoms with Crippen molar-refractivity contribution in [1.29, 1.82) is 0 Å². The van der Waals surface area contributed by atoms with Gasteiger partial charge in [-0.1, -0.05) is 12.1 Å². The smallest absolute Gasteiger partial charge is 0.410 e. The van der Waals surface area contributed by atoms with Crippen molar-refractivity contribution in [3.05, 3.63) is 65.5 Å². The number of rotatable bonds is 4. The standard InChI is InChI=1S/C26H33FN2O4/c1-18(30)28(5)23-11-9-19(10-12-23)26(32,21-7-6-8-22(27)17-21)20-13-15-29(16-14-20)24(31)33-25(2,3)4/h6-12,17,20,32H,13-16H2,1-5H3/p+1. The highest BCUT2D eigenvalue weighted by molar-refractivity contribution is 5.68. The molecule has 3 rings (SSSR count). The SMILES string of the molecule is CC(=O)[NH+](C)c1ccc(C(O)(c2cccc(F)c2)C2CCN(C(=O)OC(C)(C)C)CC2)cc1. The Kier molecular flexibility index (Phi) is 7.24. The second-order valence-corrected chi connectivity index (χ2v) is 9.78. The van der Waals surface area contributed by atoms with Gasteiger partial charge in [0.2, 0.25) is 0 Å². The van der Waals surface area contributed by atoms with Crippen LogP contribution >= 0.6 is 0 Å². The van der Waals surface area contributed by atoms with Crippen LogP contribution in [0.4, 0.5) is 14.9 Å². The molecule has 2 amide bonds. The molecule has 2 N–H and O–H groups in total. The minimum Gasteiger partial charge on any atom is -0.444 e. The van der Waals surface area contributed by atoms with Gasteiger partial charge in [0.15, 0.2) is 0 Å². The summed E-state index contributed by atoms with van der Waals surface area (Å²) in [5, 5.41) is 12.1. The number of hydrogen-bond acceptors (Lipinski definition) is 4. The number of hydrogen-bond donors (Lipinski definition) is 2. The van der Waals surface area contributed by atoms with Crippen molar-refractivity contribution in [2.24, 2.45) is 5.92 Å². The van der Waals surface area contributed by atoms with Crippen molar-refractivity contribution in [2.75, 3.05) is 20.1 Å². The fraction of sp³-hybridized carbons (Fsp3) is 0.462. The van der Waals surface area contributed by atoms with E-state index < -0.39 is 17.0 Å². The minimum atomic E-state index is -1.44. The summed E-state index contributed by atoms with van der Waals surface area (Å²) < 4.78 is 19.6. The minimum absolute atomic E-state index is 0.0161. The maximum absolute atomic E-state index is 14.1. The molecule has 2 atom stereocenters. The van der Waals surface area contributed by atoms with Gasteiger partial charge in [-0.15, -0.1) is 0 Å². The van der Waals surface area contributed by atoms with Crippen molar-refractivity contribution in [3.63, 3.8) is 0 Å². The van der Waals surface area contributed by atoms with Crippen LogP contribution in [0.5, 0.6) is 0 Å². The molecule has 1 heterocycles. The Morgan fingerprint density at radius 2 is 1.67 bits per heavy atom. The predicted molar refractivity (Wildman–Crippen MR) is 124 cm³/mol. The van der Waals surface area contributed by atoms with Crippen LogP contribution in [-0.4, -0.2) is 47.7 Å². The van der Waals surface area contributed by atoms with Gasteiger partial charge in [0, 0.05) is 13.1 Å². The molecular weight excluding hydrogens is 423 g/mol. The quantitative estimate of drug-likeness (QED) is 0.738. The molecule has 0 aliphatic carbocycles. The van der Waals surface area contributed by atoms with Gasteiger partial charge >= 0.3 is 12.0 Å². The molecule has 2 aromatic rings. The molecule has 0 bridgehead atoms. The molecule has 33 heavy (non-hydrogen) atoms. The number of halogens is 1. The van der Waals surface area contributed by atoms with Crippen LogP contribution < -0.4 is 4.90 Å². The lowest BCUT2D eigenvalue weighted by Crippen LogP contribution is -3.06. The lowest BCUT2D eigenvalue weighted by atomic mass is 9.72.